The number of aromatic nitrogens is 1. The quantitative estimate of drug-likeness (QED) is 0.480. The number of hydrogen-bond donors (Lipinski definition) is 3. The Kier molecular flexibility index (Phi) is 3.29. The molecule has 0 bridgehead atoms. The summed E-state index contributed by atoms with van der Waals surface area (Å²) in [7, 11) is -3.57. The van der Waals surface area contributed by atoms with Gasteiger partial charge in [0, 0.05) is 25.4 Å². The second-order valence-corrected chi connectivity index (χ2v) is 5.76. The van der Waals surface area contributed by atoms with Crippen LogP contribution in [0.2, 0.25) is 0 Å². The summed E-state index contributed by atoms with van der Waals surface area (Å²) in [5.74, 6) is 5.46. The van der Waals surface area contributed by atoms with Crippen molar-refractivity contribution < 1.29 is 13.5 Å². The highest BCUT2D eigenvalue weighted by Crippen LogP contribution is 2.21. The average Bonchev–Trinajstić information content (AvgIpc) is 2.76. The van der Waals surface area contributed by atoms with Gasteiger partial charge >= 0.3 is 0 Å². The number of aliphatic hydroxyl groups excluding tert-OH is 1. The van der Waals surface area contributed by atoms with Crippen LogP contribution in [0, 0.1) is 0 Å². The maximum atomic E-state index is 12.2. The molecular weight excluding hydrogens is 244 g/mol. The maximum Gasteiger partial charge on any atom is 0.243 e. The van der Waals surface area contributed by atoms with Crippen molar-refractivity contribution in [3.05, 3.63) is 18.3 Å². The van der Waals surface area contributed by atoms with Gasteiger partial charge in [0.1, 0.15) is 5.82 Å². The van der Waals surface area contributed by atoms with Crippen molar-refractivity contribution in [1.82, 2.24) is 9.29 Å². The first-order valence-corrected chi connectivity index (χ1v) is 6.59. The zero-order chi connectivity index (χ0) is 12.5. The highest BCUT2D eigenvalue weighted by molar-refractivity contribution is 7.89. The largest absolute Gasteiger partial charge is 0.392 e. The summed E-state index contributed by atoms with van der Waals surface area (Å²) < 4.78 is 25.6. The first kappa shape index (κ1) is 12.2. The van der Waals surface area contributed by atoms with Gasteiger partial charge in [-0.3, -0.25) is 0 Å². The van der Waals surface area contributed by atoms with Crippen molar-refractivity contribution in [2.45, 2.75) is 17.4 Å². The van der Waals surface area contributed by atoms with E-state index in [2.05, 4.69) is 10.4 Å². The molecule has 4 N–H and O–H groups in total. The molecule has 1 saturated heterocycles. The maximum absolute atomic E-state index is 12.2. The van der Waals surface area contributed by atoms with E-state index in [4.69, 9.17) is 5.84 Å². The molecule has 1 fully saturated rings. The molecule has 0 saturated carbocycles. The van der Waals surface area contributed by atoms with E-state index in [0.717, 1.165) is 0 Å². The fourth-order valence-corrected chi connectivity index (χ4v) is 3.23. The van der Waals surface area contributed by atoms with E-state index < -0.39 is 16.1 Å². The van der Waals surface area contributed by atoms with Crippen molar-refractivity contribution >= 4 is 15.8 Å². The minimum Gasteiger partial charge on any atom is -0.392 e. The van der Waals surface area contributed by atoms with Gasteiger partial charge in [0.2, 0.25) is 10.0 Å². The number of rotatable bonds is 3. The van der Waals surface area contributed by atoms with Crippen molar-refractivity contribution in [2.24, 2.45) is 5.84 Å². The summed E-state index contributed by atoms with van der Waals surface area (Å²) in [6.45, 7) is 0.466. The van der Waals surface area contributed by atoms with Crippen LogP contribution in [0.25, 0.3) is 0 Å². The lowest BCUT2D eigenvalue weighted by Gasteiger charge is -2.15. The molecule has 0 aliphatic carbocycles. The highest BCUT2D eigenvalue weighted by Gasteiger charge is 2.31. The number of β-amino-alcohol motifs (C(OH)–C–C–N with tert-alkyl or cyclic N) is 1. The average molecular weight is 258 g/mol. The molecule has 0 aromatic carbocycles. The molecular formula is C9H14N4O3S. The number of nitrogens with two attached hydrogens (primary N) is 1. The van der Waals surface area contributed by atoms with Crippen molar-refractivity contribution in [1.29, 1.82) is 0 Å². The van der Waals surface area contributed by atoms with E-state index in [9.17, 15) is 13.5 Å². The van der Waals surface area contributed by atoms with Crippen molar-refractivity contribution in [3.8, 4) is 0 Å². The second kappa shape index (κ2) is 4.57. The molecule has 0 radical (unpaired) electrons. The van der Waals surface area contributed by atoms with E-state index in [1.54, 1.807) is 0 Å². The van der Waals surface area contributed by atoms with E-state index in [1.165, 1.54) is 22.6 Å². The molecule has 17 heavy (non-hydrogen) atoms. The molecule has 8 heteroatoms. The summed E-state index contributed by atoms with van der Waals surface area (Å²) in [6, 6.07) is 2.76. The highest BCUT2D eigenvalue weighted by atomic mass is 32.2. The van der Waals surface area contributed by atoms with Gasteiger partial charge in [-0.15, -0.1) is 0 Å². The number of pyridine rings is 1. The van der Waals surface area contributed by atoms with Gasteiger partial charge in [0.15, 0.2) is 0 Å². The summed E-state index contributed by atoms with van der Waals surface area (Å²) in [4.78, 5) is 3.96. The van der Waals surface area contributed by atoms with Crippen LogP contribution in [0.3, 0.4) is 0 Å². The lowest BCUT2D eigenvalue weighted by molar-refractivity contribution is 0.189. The summed E-state index contributed by atoms with van der Waals surface area (Å²) >= 11 is 0. The van der Waals surface area contributed by atoms with Crippen molar-refractivity contribution in [2.75, 3.05) is 18.5 Å². The van der Waals surface area contributed by atoms with Crippen LogP contribution >= 0.6 is 0 Å². The predicted molar refractivity (Wildman–Crippen MR) is 61.4 cm³/mol. The van der Waals surface area contributed by atoms with Crippen LogP contribution < -0.4 is 11.3 Å². The summed E-state index contributed by atoms with van der Waals surface area (Å²) in [5, 5.41) is 9.36. The van der Waals surface area contributed by atoms with Gasteiger partial charge < -0.3 is 10.5 Å². The Labute approximate surface area is 99.3 Å². The Morgan fingerprint density at radius 2 is 2.35 bits per heavy atom. The molecule has 0 amide bonds. The van der Waals surface area contributed by atoms with E-state index in [1.807, 2.05) is 0 Å². The lowest BCUT2D eigenvalue weighted by Crippen LogP contribution is -2.29. The second-order valence-electron chi connectivity index (χ2n) is 3.83. The Hall–Kier alpha value is -1.22. The van der Waals surface area contributed by atoms with E-state index in [0.29, 0.717) is 13.0 Å². The fourth-order valence-electron chi connectivity index (χ4n) is 1.73. The number of hydrogen-bond acceptors (Lipinski definition) is 6. The first-order valence-electron chi connectivity index (χ1n) is 5.15. The molecule has 1 aromatic rings. The molecule has 1 unspecified atom stereocenters. The molecule has 94 valence electrons. The van der Waals surface area contributed by atoms with Gasteiger partial charge in [-0.1, -0.05) is 0 Å². The third-order valence-electron chi connectivity index (χ3n) is 2.64. The Morgan fingerprint density at radius 1 is 1.59 bits per heavy atom. The predicted octanol–water partition coefficient (Wildman–Crippen LogP) is -0.877. The lowest BCUT2D eigenvalue weighted by atomic mass is 10.3. The van der Waals surface area contributed by atoms with Crippen LogP contribution in [0.15, 0.2) is 23.2 Å². The number of aliphatic hydroxyl groups is 1. The number of sulfonamides is 1. The zero-order valence-electron chi connectivity index (χ0n) is 9.07. The SMILES string of the molecule is NNc1cc(S(=O)(=O)N2CCC(O)C2)ccn1. The van der Waals surface area contributed by atoms with Gasteiger partial charge in [-0.05, 0) is 12.5 Å². The fraction of sp³-hybridized carbons (Fsp3) is 0.444. The number of nitrogens with zero attached hydrogens (tertiary/aromatic N) is 2. The molecule has 1 aliphatic heterocycles. The van der Waals surface area contributed by atoms with Crippen LogP contribution in [0.5, 0.6) is 0 Å². The normalized spacial score (nSPS) is 21.6. The number of anilines is 1. The molecule has 2 heterocycles. The molecule has 7 nitrogen and oxygen atoms in total. The van der Waals surface area contributed by atoms with Gasteiger partial charge in [0.05, 0.1) is 11.0 Å². The third-order valence-corrected chi connectivity index (χ3v) is 4.50. The first-order chi connectivity index (χ1) is 8.04. The Morgan fingerprint density at radius 3 is 2.94 bits per heavy atom. The van der Waals surface area contributed by atoms with Crippen LogP contribution in [-0.2, 0) is 10.0 Å². The van der Waals surface area contributed by atoms with Crippen molar-refractivity contribution in [3.63, 3.8) is 0 Å². The summed E-state index contributed by atoms with van der Waals surface area (Å²) in [5.41, 5.74) is 2.30. The van der Waals surface area contributed by atoms with E-state index in [-0.39, 0.29) is 17.3 Å². The number of hydrazine groups is 1. The van der Waals surface area contributed by atoms with E-state index >= 15 is 0 Å². The zero-order valence-corrected chi connectivity index (χ0v) is 9.89. The molecule has 0 spiro atoms. The van der Waals surface area contributed by atoms with Gasteiger partial charge in [-0.2, -0.15) is 4.31 Å². The minimum absolute atomic E-state index is 0.120. The van der Waals surface area contributed by atoms with Gasteiger partial charge in [-0.25, -0.2) is 19.2 Å². The third kappa shape index (κ3) is 2.39. The Balaban J connectivity index is 2.31. The standard InChI is InChI=1S/C9H14N4O3S/c10-12-9-5-8(1-3-11-9)17(15,16)13-4-2-7(14)6-13/h1,3,5,7,14H,2,4,6,10H2,(H,11,12). The van der Waals surface area contributed by atoms with Crippen LogP contribution in [-0.4, -0.2) is 42.0 Å². The number of nitrogen functional groups attached to an aromatic ring is 1. The topological polar surface area (TPSA) is 109 Å². The van der Waals surface area contributed by atoms with Gasteiger partial charge in [0.25, 0.3) is 0 Å². The minimum atomic E-state index is -3.57. The molecule has 1 atom stereocenters. The van der Waals surface area contributed by atoms with Crippen LogP contribution in [0.4, 0.5) is 5.82 Å². The monoisotopic (exact) mass is 258 g/mol. The molecule has 2 rings (SSSR count). The smallest absolute Gasteiger partial charge is 0.243 e. The van der Waals surface area contributed by atoms with Crippen LogP contribution in [0.1, 0.15) is 6.42 Å². The molecule has 1 aromatic heterocycles. The Bertz CT molecular complexity index is 505. The molecule has 1 aliphatic rings. The number of nitrogens with one attached hydrogen (secondary N) is 1. The summed E-state index contributed by atoms with van der Waals surface area (Å²) in [6.07, 6.45) is 1.25.